The molecule has 3 aromatic rings. The summed E-state index contributed by atoms with van der Waals surface area (Å²) in [6.07, 6.45) is 1.75. The molecule has 4 nitrogen and oxygen atoms in total. The number of halogens is 1. The van der Waals surface area contributed by atoms with Gasteiger partial charge in [0.2, 0.25) is 5.95 Å². The summed E-state index contributed by atoms with van der Waals surface area (Å²) >= 11 is 3.52. The number of aromatic nitrogens is 2. The number of nitrogens with one attached hydrogen (secondary N) is 1. The molecule has 5 heteroatoms. The quantitative estimate of drug-likeness (QED) is 0.733. The fourth-order valence-electron chi connectivity index (χ4n) is 2.05. The number of benzene rings is 2. The monoisotopic (exact) mass is 354 g/mol. The first kappa shape index (κ1) is 14.5. The van der Waals surface area contributed by atoms with Gasteiger partial charge in [0, 0.05) is 23.4 Å². The van der Waals surface area contributed by atoms with Crippen molar-refractivity contribution >= 4 is 39.1 Å². The Morgan fingerprint density at radius 3 is 2.45 bits per heavy atom. The molecule has 22 heavy (non-hydrogen) atoms. The number of anilines is 4. The van der Waals surface area contributed by atoms with E-state index in [2.05, 4.69) is 31.2 Å². The molecule has 0 amide bonds. The number of hydrogen-bond donors (Lipinski definition) is 1. The summed E-state index contributed by atoms with van der Waals surface area (Å²) in [5, 5.41) is 3.29. The Hall–Kier alpha value is -2.40. The van der Waals surface area contributed by atoms with Crippen molar-refractivity contribution in [3.8, 4) is 0 Å². The Morgan fingerprint density at radius 2 is 1.68 bits per heavy atom. The molecule has 0 spiro atoms. The number of hydrogen-bond acceptors (Lipinski definition) is 4. The van der Waals surface area contributed by atoms with E-state index in [4.69, 9.17) is 0 Å². The highest BCUT2D eigenvalue weighted by Crippen LogP contribution is 2.26. The molecule has 0 saturated carbocycles. The highest BCUT2D eigenvalue weighted by atomic mass is 79.9. The summed E-state index contributed by atoms with van der Waals surface area (Å²) in [6.45, 7) is 0. The van der Waals surface area contributed by atoms with Crippen molar-refractivity contribution in [3.63, 3.8) is 0 Å². The fourth-order valence-corrected chi connectivity index (χ4v) is 2.43. The maximum Gasteiger partial charge on any atom is 0.231 e. The molecule has 1 heterocycles. The lowest BCUT2D eigenvalue weighted by atomic mass is 10.3. The van der Waals surface area contributed by atoms with Gasteiger partial charge in [0.25, 0.3) is 0 Å². The summed E-state index contributed by atoms with van der Waals surface area (Å²) in [5.41, 5.74) is 2.01. The van der Waals surface area contributed by atoms with Crippen molar-refractivity contribution < 1.29 is 0 Å². The van der Waals surface area contributed by atoms with Crippen LogP contribution in [0.2, 0.25) is 0 Å². The molecule has 0 unspecified atom stereocenters. The first-order valence-corrected chi connectivity index (χ1v) is 7.67. The van der Waals surface area contributed by atoms with Gasteiger partial charge in [0.1, 0.15) is 5.82 Å². The van der Waals surface area contributed by atoms with Crippen molar-refractivity contribution in [1.29, 1.82) is 0 Å². The molecule has 110 valence electrons. The molecule has 0 aliphatic rings. The van der Waals surface area contributed by atoms with Gasteiger partial charge >= 0.3 is 0 Å². The van der Waals surface area contributed by atoms with Crippen LogP contribution in [-0.2, 0) is 0 Å². The molecule has 0 radical (unpaired) electrons. The van der Waals surface area contributed by atoms with E-state index in [1.54, 1.807) is 6.20 Å². The van der Waals surface area contributed by atoms with Crippen LogP contribution in [0.25, 0.3) is 0 Å². The van der Waals surface area contributed by atoms with Crippen molar-refractivity contribution in [3.05, 3.63) is 71.3 Å². The maximum atomic E-state index is 4.57. The molecule has 1 N–H and O–H groups in total. The number of rotatable bonds is 4. The second kappa shape index (κ2) is 6.58. The summed E-state index contributed by atoms with van der Waals surface area (Å²) in [5.74, 6) is 1.39. The van der Waals surface area contributed by atoms with Crippen LogP contribution >= 0.6 is 15.9 Å². The third kappa shape index (κ3) is 3.26. The van der Waals surface area contributed by atoms with Crippen LogP contribution in [-0.4, -0.2) is 17.0 Å². The Labute approximate surface area is 138 Å². The molecule has 0 saturated heterocycles. The standard InChI is InChI=1S/C17H15BrN4/c1-22(13-7-3-2-4-8-13)17-19-12-11-16(21-17)20-15-10-6-5-9-14(15)18/h2-12H,1H3,(H,19,20,21). The third-order valence-corrected chi connectivity index (χ3v) is 3.91. The molecule has 0 fully saturated rings. The molecule has 0 bridgehead atoms. The second-order valence-electron chi connectivity index (χ2n) is 4.74. The zero-order valence-electron chi connectivity index (χ0n) is 12.1. The van der Waals surface area contributed by atoms with Gasteiger partial charge in [0.15, 0.2) is 0 Å². The minimum Gasteiger partial charge on any atom is -0.339 e. The summed E-state index contributed by atoms with van der Waals surface area (Å²) in [6, 6.07) is 19.8. The molecule has 2 aromatic carbocycles. The third-order valence-electron chi connectivity index (χ3n) is 3.22. The topological polar surface area (TPSA) is 41.1 Å². The molecule has 3 rings (SSSR count). The van der Waals surface area contributed by atoms with E-state index in [9.17, 15) is 0 Å². The predicted octanol–water partition coefficient (Wildman–Crippen LogP) is 4.75. The summed E-state index contributed by atoms with van der Waals surface area (Å²) in [4.78, 5) is 10.9. The minimum absolute atomic E-state index is 0.642. The minimum atomic E-state index is 0.642. The van der Waals surface area contributed by atoms with Crippen LogP contribution in [0, 0.1) is 0 Å². The van der Waals surface area contributed by atoms with E-state index in [1.165, 1.54) is 0 Å². The van der Waals surface area contributed by atoms with Gasteiger partial charge in [-0.3, -0.25) is 0 Å². The van der Waals surface area contributed by atoms with Crippen LogP contribution in [0.5, 0.6) is 0 Å². The van der Waals surface area contributed by atoms with Gasteiger partial charge in [-0.2, -0.15) is 4.98 Å². The smallest absolute Gasteiger partial charge is 0.231 e. The van der Waals surface area contributed by atoms with E-state index in [-0.39, 0.29) is 0 Å². The van der Waals surface area contributed by atoms with E-state index < -0.39 is 0 Å². The van der Waals surface area contributed by atoms with Crippen LogP contribution in [0.3, 0.4) is 0 Å². The normalized spacial score (nSPS) is 10.3. The van der Waals surface area contributed by atoms with E-state index in [0.717, 1.165) is 21.7 Å². The zero-order chi connectivity index (χ0) is 15.4. The van der Waals surface area contributed by atoms with Crippen molar-refractivity contribution in [2.75, 3.05) is 17.3 Å². The van der Waals surface area contributed by atoms with Gasteiger partial charge < -0.3 is 10.2 Å². The van der Waals surface area contributed by atoms with Gasteiger partial charge in [-0.15, -0.1) is 0 Å². The van der Waals surface area contributed by atoms with Gasteiger partial charge in [-0.05, 0) is 46.3 Å². The molecular formula is C17H15BrN4. The largest absolute Gasteiger partial charge is 0.339 e. The lowest BCUT2D eigenvalue weighted by Crippen LogP contribution is -2.13. The first-order valence-electron chi connectivity index (χ1n) is 6.87. The Kier molecular flexibility index (Phi) is 4.34. The second-order valence-corrected chi connectivity index (χ2v) is 5.60. The van der Waals surface area contributed by atoms with E-state index in [0.29, 0.717) is 5.95 Å². The fraction of sp³-hybridized carbons (Fsp3) is 0.0588. The predicted molar refractivity (Wildman–Crippen MR) is 94.0 cm³/mol. The molecule has 0 atom stereocenters. The Bertz CT molecular complexity index is 761. The van der Waals surface area contributed by atoms with Crippen LogP contribution in [0.4, 0.5) is 23.1 Å². The Morgan fingerprint density at radius 1 is 0.955 bits per heavy atom. The molecule has 1 aromatic heterocycles. The molecule has 0 aliphatic heterocycles. The van der Waals surface area contributed by atoms with Crippen molar-refractivity contribution in [2.24, 2.45) is 0 Å². The lowest BCUT2D eigenvalue weighted by Gasteiger charge is -2.17. The van der Waals surface area contributed by atoms with E-state index in [1.807, 2.05) is 72.6 Å². The van der Waals surface area contributed by atoms with Gasteiger partial charge in [0.05, 0.1) is 5.69 Å². The van der Waals surface area contributed by atoms with Crippen molar-refractivity contribution in [2.45, 2.75) is 0 Å². The Balaban J connectivity index is 1.85. The first-order chi connectivity index (χ1) is 10.7. The van der Waals surface area contributed by atoms with Gasteiger partial charge in [-0.25, -0.2) is 4.98 Å². The van der Waals surface area contributed by atoms with Crippen LogP contribution < -0.4 is 10.2 Å². The average molecular weight is 355 g/mol. The van der Waals surface area contributed by atoms with Crippen LogP contribution in [0.15, 0.2) is 71.3 Å². The SMILES string of the molecule is CN(c1ccccc1)c1nccc(Nc2ccccc2Br)n1. The van der Waals surface area contributed by atoms with Gasteiger partial charge in [-0.1, -0.05) is 30.3 Å². The summed E-state index contributed by atoms with van der Waals surface area (Å²) in [7, 11) is 1.95. The molecular weight excluding hydrogens is 340 g/mol. The number of para-hydroxylation sites is 2. The highest BCUT2D eigenvalue weighted by molar-refractivity contribution is 9.10. The number of nitrogens with zero attached hydrogens (tertiary/aromatic N) is 3. The summed E-state index contributed by atoms with van der Waals surface area (Å²) < 4.78 is 0.992. The maximum absolute atomic E-state index is 4.57. The average Bonchev–Trinajstić information content (AvgIpc) is 2.57. The molecule has 0 aliphatic carbocycles. The van der Waals surface area contributed by atoms with Crippen molar-refractivity contribution in [1.82, 2.24) is 9.97 Å². The van der Waals surface area contributed by atoms with Crippen LogP contribution in [0.1, 0.15) is 0 Å². The highest BCUT2D eigenvalue weighted by Gasteiger charge is 2.08. The zero-order valence-corrected chi connectivity index (χ0v) is 13.7. The lowest BCUT2D eigenvalue weighted by molar-refractivity contribution is 1.04. The van der Waals surface area contributed by atoms with E-state index >= 15 is 0 Å².